The number of amides is 1. The molecule has 2 aromatic rings. The summed E-state index contributed by atoms with van der Waals surface area (Å²) in [5.74, 6) is 0.0394. The zero-order chi connectivity index (χ0) is 19.2. The van der Waals surface area contributed by atoms with Gasteiger partial charge in [-0.2, -0.15) is 5.26 Å². The van der Waals surface area contributed by atoms with Gasteiger partial charge >= 0.3 is 0 Å². The maximum atomic E-state index is 12.1. The molecule has 26 heavy (non-hydrogen) atoms. The van der Waals surface area contributed by atoms with Crippen molar-refractivity contribution in [1.82, 2.24) is 0 Å². The normalized spacial score (nSPS) is 11.3. The van der Waals surface area contributed by atoms with E-state index in [1.54, 1.807) is 37.4 Å². The van der Waals surface area contributed by atoms with Crippen LogP contribution < -0.4 is 20.5 Å². The minimum atomic E-state index is -3.81. The number of carbonyl (C=O) groups is 1. The van der Waals surface area contributed by atoms with Crippen LogP contribution in [0.5, 0.6) is 5.75 Å². The second-order valence-electron chi connectivity index (χ2n) is 5.07. The van der Waals surface area contributed by atoms with Crippen molar-refractivity contribution in [2.75, 3.05) is 17.7 Å². The zero-order valence-electron chi connectivity index (χ0n) is 13.8. The number of hydrogen-bond acceptors (Lipinski definition) is 6. The van der Waals surface area contributed by atoms with E-state index in [-0.39, 0.29) is 10.5 Å². The summed E-state index contributed by atoms with van der Waals surface area (Å²) >= 11 is 0. The van der Waals surface area contributed by atoms with Crippen LogP contribution in [0.1, 0.15) is 0 Å². The number of ether oxygens (including phenoxy) is 1. The molecule has 0 heterocycles. The number of methoxy groups -OCH3 is 1. The molecule has 0 radical (unpaired) electrons. The van der Waals surface area contributed by atoms with Crippen LogP contribution in [0.15, 0.2) is 65.2 Å². The van der Waals surface area contributed by atoms with Gasteiger partial charge in [-0.15, -0.1) is 0 Å². The number of nitrogens with one attached hydrogen (secondary N) is 2. The quantitative estimate of drug-likeness (QED) is 0.523. The fourth-order valence-corrected chi connectivity index (χ4v) is 2.43. The van der Waals surface area contributed by atoms with Gasteiger partial charge in [-0.25, -0.2) is 13.6 Å². The highest BCUT2D eigenvalue weighted by molar-refractivity contribution is 7.89. The van der Waals surface area contributed by atoms with Crippen molar-refractivity contribution in [3.63, 3.8) is 0 Å². The average molecular weight is 372 g/mol. The lowest BCUT2D eigenvalue weighted by Crippen LogP contribution is -2.15. The fourth-order valence-electron chi connectivity index (χ4n) is 1.92. The second-order valence-corrected chi connectivity index (χ2v) is 6.63. The summed E-state index contributed by atoms with van der Waals surface area (Å²) in [6, 6.07) is 14.0. The van der Waals surface area contributed by atoms with Crippen molar-refractivity contribution in [2.24, 2.45) is 5.14 Å². The van der Waals surface area contributed by atoms with Gasteiger partial charge in [0.05, 0.1) is 12.0 Å². The van der Waals surface area contributed by atoms with Crippen LogP contribution in [0.3, 0.4) is 0 Å². The molecule has 0 aliphatic carbocycles. The number of carbonyl (C=O) groups excluding carboxylic acids is 1. The Hall–Kier alpha value is -3.35. The minimum Gasteiger partial charge on any atom is -0.497 e. The lowest BCUT2D eigenvalue weighted by molar-refractivity contribution is -0.112. The molecular weight excluding hydrogens is 356 g/mol. The lowest BCUT2D eigenvalue weighted by Gasteiger charge is -2.06. The lowest BCUT2D eigenvalue weighted by atomic mass is 10.2. The van der Waals surface area contributed by atoms with Gasteiger partial charge in [0.15, 0.2) is 0 Å². The molecule has 0 saturated carbocycles. The fraction of sp³-hybridized carbons (Fsp3) is 0.0588. The van der Waals surface area contributed by atoms with Crippen LogP contribution in [0.4, 0.5) is 11.4 Å². The standard InChI is InChI=1S/C17H16N4O4S/c1-25-15-6-2-13(3-7-15)20-11-12(10-18)17(22)21-14-4-8-16(9-5-14)26(19,23)24/h2-9,11,20H,1H3,(H,21,22)(H2,19,23,24)/b12-11-. The highest BCUT2D eigenvalue weighted by Crippen LogP contribution is 2.16. The van der Waals surface area contributed by atoms with E-state index in [1.807, 2.05) is 0 Å². The van der Waals surface area contributed by atoms with Gasteiger partial charge in [0.1, 0.15) is 17.4 Å². The molecule has 134 valence electrons. The summed E-state index contributed by atoms with van der Waals surface area (Å²) < 4.78 is 27.5. The first kappa shape index (κ1) is 19.0. The Balaban J connectivity index is 2.06. The summed E-state index contributed by atoms with van der Waals surface area (Å²) in [5, 5.41) is 19.5. The number of rotatable bonds is 6. The van der Waals surface area contributed by atoms with Gasteiger partial charge < -0.3 is 15.4 Å². The topological polar surface area (TPSA) is 134 Å². The van der Waals surface area contributed by atoms with Crippen molar-refractivity contribution >= 4 is 27.3 Å². The number of anilines is 2. The Morgan fingerprint density at radius 3 is 2.19 bits per heavy atom. The van der Waals surface area contributed by atoms with Gasteiger partial charge in [0.25, 0.3) is 5.91 Å². The van der Waals surface area contributed by atoms with Crippen molar-refractivity contribution < 1.29 is 17.9 Å². The molecule has 4 N–H and O–H groups in total. The zero-order valence-corrected chi connectivity index (χ0v) is 14.6. The molecule has 2 aromatic carbocycles. The molecular formula is C17H16N4O4S. The maximum absolute atomic E-state index is 12.1. The Morgan fingerprint density at radius 1 is 1.12 bits per heavy atom. The minimum absolute atomic E-state index is 0.0762. The van der Waals surface area contributed by atoms with Crippen LogP contribution >= 0.6 is 0 Å². The third kappa shape index (κ3) is 5.07. The number of hydrogen-bond donors (Lipinski definition) is 3. The van der Waals surface area contributed by atoms with Crippen LogP contribution in [0, 0.1) is 11.3 Å². The first-order valence-corrected chi connectivity index (χ1v) is 8.83. The molecule has 1 amide bonds. The van der Waals surface area contributed by atoms with E-state index in [0.717, 1.165) is 0 Å². The van der Waals surface area contributed by atoms with Crippen molar-refractivity contribution in [3.05, 3.63) is 60.3 Å². The van der Waals surface area contributed by atoms with E-state index in [2.05, 4.69) is 10.6 Å². The summed E-state index contributed by atoms with van der Waals surface area (Å²) in [5.41, 5.74) is 0.841. The molecule has 0 bridgehead atoms. The number of nitrogens with two attached hydrogens (primary N) is 1. The highest BCUT2D eigenvalue weighted by atomic mass is 32.2. The molecule has 0 atom stereocenters. The van der Waals surface area contributed by atoms with Crippen LogP contribution in [0.25, 0.3) is 0 Å². The van der Waals surface area contributed by atoms with Crippen molar-refractivity contribution in [1.29, 1.82) is 5.26 Å². The predicted octanol–water partition coefficient (Wildman–Crippen LogP) is 1.80. The Morgan fingerprint density at radius 2 is 1.69 bits per heavy atom. The van der Waals surface area contributed by atoms with E-state index in [0.29, 0.717) is 17.1 Å². The van der Waals surface area contributed by atoms with E-state index < -0.39 is 15.9 Å². The van der Waals surface area contributed by atoms with Crippen LogP contribution in [-0.4, -0.2) is 21.4 Å². The molecule has 0 fully saturated rings. The van der Waals surface area contributed by atoms with Crippen LogP contribution in [0.2, 0.25) is 0 Å². The van der Waals surface area contributed by atoms with Gasteiger partial charge in [-0.3, -0.25) is 4.79 Å². The molecule has 9 heteroatoms. The number of primary sulfonamides is 1. The van der Waals surface area contributed by atoms with Gasteiger partial charge in [-0.1, -0.05) is 0 Å². The Bertz CT molecular complexity index is 959. The van der Waals surface area contributed by atoms with E-state index in [1.165, 1.54) is 30.5 Å². The van der Waals surface area contributed by atoms with E-state index in [9.17, 15) is 13.2 Å². The Labute approximate surface area is 150 Å². The Kier molecular flexibility index (Phi) is 5.95. The number of sulfonamides is 1. The molecule has 0 saturated heterocycles. The van der Waals surface area contributed by atoms with Crippen LogP contribution in [-0.2, 0) is 14.8 Å². The average Bonchev–Trinajstić information content (AvgIpc) is 2.62. The van der Waals surface area contributed by atoms with Gasteiger partial charge in [0.2, 0.25) is 10.0 Å². The summed E-state index contributed by atoms with van der Waals surface area (Å²) in [7, 11) is -2.26. The SMILES string of the molecule is COc1ccc(N/C=C(/C#N)C(=O)Nc2ccc(S(N)(=O)=O)cc2)cc1. The first-order chi connectivity index (χ1) is 12.3. The van der Waals surface area contributed by atoms with Crippen molar-refractivity contribution in [3.8, 4) is 11.8 Å². The highest BCUT2D eigenvalue weighted by Gasteiger charge is 2.11. The van der Waals surface area contributed by atoms with E-state index >= 15 is 0 Å². The maximum Gasteiger partial charge on any atom is 0.267 e. The predicted molar refractivity (Wildman–Crippen MR) is 96.8 cm³/mol. The number of nitriles is 1. The van der Waals surface area contributed by atoms with Gasteiger partial charge in [-0.05, 0) is 48.5 Å². The smallest absolute Gasteiger partial charge is 0.267 e. The number of nitrogens with zero attached hydrogens (tertiary/aromatic N) is 1. The second kappa shape index (κ2) is 8.15. The first-order valence-electron chi connectivity index (χ1n) is 7.28. The van der Waals surface area contributed by atoms with E-state index in [4.69, 9.17) is 15.1 Å². The molecule has 2 rings (SSSR count). The summed E-state index contributed by atoms with van der Waals surface area (Å²) in [4.78, 5) is 12.1. The molecule has 0 aliphatic rings. The van der Waals surface area contributed by atoms with Gasteiger partial charge in [0, 0.05) is 17.6 Å². The third-order valence-corrected chi connectivity index (χ3v) is 4.21. The summed E-state index contributed by atoms with van der Waals surface area (Å²) in [6.07, 6.45) is 1.27. The number of benzene rings is 2. The summed E-state index contributed by atoms with van der Waals surface area (Å²) in [6.45, 7) is 0. The molecule has 0 unspecified atom stereocenters. The monoisotopic (exact) mass is 372 g/mol. The third-order valence-electron chi connectivity index (χ3n) is 3.28. The molecule has 0 spiro atoms. The molecule has 0 aliphatic heterocycles. The van der Waals surface area contributed by atoms with Crippen molar-refractivity contribution in [2.45, 2.75) is 4.90 Å². The molecule has 0 aromatic heterocycles. The largest absolute Gasteiger partial charge is 0.497 e. The molecule has 8 nitrogen and oxygen atoms in total.